The fourth-order valence-corrected chi connectivity index (χ4v) is 1.79. The molecule has 2 amide bonds. The van der Waals surface area contributed by atoms with Gasteiger partial charge in [0.1, 0.15) is 0 Å². The highest BCUT2D eigenvalue weighted by Gasteiger charge is 2.21. The summed E-state index contributed by atoms with van der Waals surface area (Å²) in [6.07, 6.45) is 0.630. The van der Waals surface area contributed by atoms with Gasteiger partial charge >= 0.3 is 0 Å². The predicted octanol–water partition coefficient (Wildman–Crippen LogP) is 1.51. The van der Waals surface area contributed by atoms with Crippen molar-refractivity contribution in [2.45, 2.75) is 20.3 Å². The van der Waals surface area contributed by atoms with Gasteiger partial charge in [-0.1, -0.05) is 19.1 Å². The van der Waals surface area contributed by atoms with E-state index in [2.05, 4.69) is 15.8 Å². The first-order valence-corrected chi connectivity index (χ1v) is 5.80. The summed E-state index contributed by atoms with van der Waals surface area (Å²) in [6, 6.07) is 7.41. The molecule has 18 heavy (non-hydrogen) atoms. The van der Waals surface area contributed by atoms with Crippen molar-refractivity contribution >= 4 is 23.2 Å². The van der Waals surface area contributed by atoms with E-state index in [1.54, 1.807) is 0 Å². The summed E-state index contributed by atoms with van der Waals surface area (Å²) < 4.78 is 0. The highest BCUT2D eigenvalue weighted by Crippen LogP contribution is 2.17. The van der Waals surface area contributed by atoms with Crippen LogP contribution in [-0.4, -0.2) is 17.5 Å². The molecule has 2 N–H and O–H groups in total. The minimum absolute atomic E-state index is 0.0476. The number of nitrogens with zero attached hydrogens (tertiary/aromatic N) is 1. The maximum absolute atomic E-state index is 11.3. The number of hydrogen-bond acceptors (Lipinski definition) is 3. The minimum Gasteiger partial charge on any atom is -0.326 e. The average molecular weight is 245 g/mol. The number of carbonyl (C=O) groups is 2. The van der Waals surface area contributed by atoms with Crippen molar-refractivity contribution in [3.05, 3.63) is 29.8 Å². The molecule has 0 spiro atoms. The van der Waals surface area contributed by atoms with E-state index in [0.29, 0.717) is 6.42 Å². The zero-order valence-corrected chi connectivity index (χ0v) is 10.4. The van der Waals surface area contributed by atoms with Crippen molar-refractivity contribution in [1.29, 1.82) is 0 Å². The van der Waals surface area contributed by atoms with Crippen LogP contribution in [0, 0.1) is 5.92 Å². The van der Waals surface area contributed by atoms with Crippen LogP contribution in [0.2, 0.25) is 0 Å². The smallest absolute Gasteiger partial charge is 0.243 e. The molecule has 1 heterocycles. The quantitative estimate of drug-likeness (QED) is 0.829. The Morgan fingerprint density at radius 1 is 1.39 bits per heavy atom. The standard InChI is InChI=1S/C13H15N3O2/c1-8-7-12(15-16-13(8)18)10-3-5-11(6-4-10)14-9(2)17/h3-6,8H,7H2,1-2H3,(H,14,17)(H,16,18)/t8-/m0/s1. The molecule has 1 aliphatic heterocycles. The molecule has 1 aliphatic rings. The number of carbonyl (C=O) groups excluding carboxylic acids is 2. The second kappa shape index (κ2) is 5.00. The molecule has 1 aromatic carbocycles. The zero-order chi connectivity index (χ0) is 13.1. The molecule has 94 valence electrons. The Balaban J connectivity index is 2.15. The highest BCUT2D eigenvalue weighted by molar-refractivity contribution is 6.05. The van der Waals surface area contributed by atoms with Gasteiger partial charge in [-0.2, -0.15) is 5.10 Å². The molecule has 1 aromatic rings. The lowest BCUT2D eigenvalue weighted by molar-refractivity contribution is -0.124. The van der Waals surface area contributed by atoms with Gasteiger partial charge in [0.05, 0.1) is 5.71 Å². The summed E-state index contributed by atoms with van der Waals surface area (Å²) in [6.45, 7) is 3.34. The third-order valence-electron chi connectivity index (χ3n) is 2.79. The van der Waals surface area contributed by atoms with Gasteiger partial charge < -0.3 is 5.32 Å². The Bertz CT molecular complexity index is 505. The number of benzene rings is 1. The van der Waals surface area contributed by atoms with Crippen LogP contribution >= 0.6 is 0 Å². The van der Waals surface area contributed by atoms with E-state index in [1.807, 2.05) is 31.2 Å². The van der Waals surface area contributed by atoms with Crippen molar-refractivity contribution in [3.63, 3.8) is 0 Å². The van der Waals surface area contributed by atoms with Crippen molar-refractivity contribution in [3.8, 4) is 0 Å². The van der Waals surface area contributed by atoms with Gasteiger partial charge in [-0.05, 0) is 17.7 Å². The van der Waals surface area contributed by atoms with Gasteiger partial charge in [-0.15, -0.1) is 0 Å². The van der Waals surface area contributed by atoms with Crippen LogP contribution in [0.5, 0.6) is 0 Å². The fraction of sp³-hybridized carbons (Fsp3) is 0.308. The minimum atomic E-state index is -0.0985. The number of rotatable bonds is 2. The second-order valence-electron chi connectivity index (χ2n) is 4.40. The molecule has 0 radical (unpaired) electrons. The van der Waals surface area contributed by atoms with Crippen LogP contribution in [0.25, 0.3) is 0 Å². The van der Waals surface area contributed by atoms with Crippen molar-refractivity contribution in [2.24, 2.45) is 11.0 Å². The number of hydrogen-bond donors (Lipinski definition) is 2. The molecule has 0 unspecified atom stereocenters. The summed E-state index contributed by atoms with van der Waals surface area (Å²) >= 11 is 0. The topological polar surface area (TPSA) is 70.6 Å². The zero-order valence-electron chi connectivity index (χ0n) is 10.4. The molecule has 0 saturated carbocycles. The van der Waals surface area contributed by atoms with E-state index in [9.17, 15) is 9.59 Å². The van der Waals surface area contributed by atoms with E-state index in [0.717, 1.165) is 17.0 Å². The summed E-state index contributed by atoms with van der Waals surface area (Å²) in [5, 5.41) is 6.75. The van der Waals surface area contributed by atoms with E-state index >= 15 is 0 Å². The van der Waals surface area contributed by atoms with Gasteiger partial charge in [0, 0.05) is 24.9 Å². The summed E-state index contributed by atoms with van der Waals surface area (Å²) in [5.74, 6) is -0.209. The lowest BCUT2D eigenvalue weighted by Gasteiger charge is -2.18. The van der Waals surface area contributed by atoms with Crippen molar-refractivity contribution < 1.29 is 9.59 Å². The Labute approximate surface area is 105 Å². The van der Waals surface area contributed by atoms with Crippen molar-refractivity contribution in [2.75, 3.05) is 5.32 Å². The van der Waals surface area contributed by atoms with Gasteiger partial charge in [0.15, 0.2) is 0 Å². The number of anilines is 1. The van der Waals surface area contributed by atoms with Crippen LogP contribution in [-0.2, 0) is 9.59 Å². The van der Waals surface area contributed by atoms with Crippen molar-refractivity contribution in [1.82, 2.24) is 5.43 Å². The van der Waals surface area contributed by atoms with Gasteiger partial charge in [-0.25, -0.2) is 5.43 Å². The molecule has 5 heteroatoms. The molecule has 5 nitrogen and oxygen atoms in total. The van der Waals surface area contributed by atoms with E-state index in [-0.39, 0.29) is 17.7 Å². The Morgan fingerprint density at radius 3 is 2.61 bits per heavy atom. The normalized spacial score (nSPS) is 18.9. The molecule has 0 saturated heterocycles. The number of nitrogens with one attached hydrogen (secondary N) is 2. The molecule has 0 aromatic heterocycles. The van der Waals surface area contributed by atoms with E-state index in [1.165, 1.54) is 6.92 Å². The van der Waals surface area contributed by atoms with Crippen LogP contribution < -0.4 is 10.7 Å². The largest absolute Gasteiger partial charge is 0.326 e. The van der Waals surface area contributed by atoms with Gasteiger partial charge in [0.2, 0.25) is 11.8 Å². The second-order valence-corrected chi connectivity index (χ2v) is 4.40. The Kier molecular flexibility index (Phi) is 3.41. The van der Waals surface area contributed by atoms with Crippen LogP contribution in [0.3, 0.4) is 0 Å². The van der Waals surface area contributed by atoms with Gasteiger partial charge in [0.25, 0.3) is 0 Å². The number of hydrazone groups is 1. The Morgan fingerprint density at radius 2 is 2.06 bits per heavy atom. The van der Waals surface area contributed by atoms with E-state index in [4.69, 9.17) is 0 Å². The molecule has 0 bridgehead atoms. The molecular formula is C13H15N3O2. The molecule has 0 fully saturated rings. The van der Waals surface area contributed by atoms with E-state index < -0.39 is 0 Å². The summed E-state index contributed by atoms with van der Waals surface area (Å²) in [7, 11) is 0. The SMILES string of the molecule is CC(=O)Nc1ccc(C2=NNC(=O)[C@@H](C)C2)cc1. The monoisotopic (exact) mass is 245 g/mol. The van der Waals surface area contributed by atoms with Crippen LogP contribution in [0.4, 0.5) is 5.69 Å². The molecular weight excluding hydrogens is 230 g/mol. The fourth-order valence-electron chi connectivity index (χ4n) is 1.79. The predicted molar refractivity (Wildman–Crippen MR) is 69.2 cm³/mol. The maximum atomic E-state index is 11.3. The summed E-state index contributed by atoms with van der Waals surface area (Å²) in [5.41, 5.74) is 5.07. The number of amides is 2. The first-order valence-electron chi connectivity index (χ1n) is 5.80. The molecule has 0 aliphatic carbocycles. The third-order valence-corrected chi connectivity index (χ3v) is 2.79. The van der Waals surface area contributed by atoms with Crippen LogP contribution in [0.1, 0.15) is 25.8 Å². The Hall–Kier alpha value is -2.17. The highest BCUT2D eigenvalue weighted by atomic mass is 16.2. The van der Waals surface area contributed by atoms with Crippen LogP contribution in [0.15, 0.2) is 29.4 Å². The molecule has 2 rings (SSSR count). The lowest BCUT2D eigenvalue weighted by atomic mass is 9.97. The third kappa shape index (κ3) is 2.74. The van der Waals surface area contributed by atoms with Gasteiger partial charge in [-0.3, -0.25) is 9.59 Å². The maximum Gasteiger partial charge on any atom is 0.243 e. The first-order chi connectivity index (χ1) is 8.56. The first kappa shape index (κ1) is 12.3. The summed E-state index contributed by atoms with van der Waals surface area (Å²) in [4.78, 5) is 22.2. The molecule has 1 atom stereocenters. The average Bonchev–Trinajstić information content (AvgIpc) is 2.33. The lowest BCUT2D eigenvalue weighted by Crippen LogP contribution is -2.33.